The minimum atomic E-state index is -0.705. The molecule has 0 fully saturated rings. The van der Waals surface area contributed by atoms with Gasteiger partial charge in [0.15, 0.2) is 0 Å². The highest BCUT2D eigenvalue weighted by atomic mass is 19.1. The highest BCUT2D eigenvalue weighted by Crippen LogP contribution is 2.32. The molecule has 34 heavy (non-hydrogen) atoms. The molecular weight excluding hydrogens is 436 g/mol. The number of phenolic OH excluding ortho intramolecular Hbond substituents is 1. The molecule has 0 saturated heterocycles. The third kappa shape index (κ3) is 4.23. The maximum absolute atomic E-state index is 13.3. The van der Waals surface area contributed by atoms with Crippen molar-refractivity contribution in [2.24, 2.45) is 0 Å². The van der Waals surface area contributed by atoms with Crippen LogP contribution in [0.5, 0.6) is 5.75 Å². The lowest BCUT2D eigenvalue weighted by Crippen LogP contribution is -2.20. The highest BCUT2D eigenvalue weighted by molar-refractivity contribution is 6.09. The summed E-state index contributed by atoms with van der Waals surface area (Å²) < 4.78 is 28.7. The number of carbonyl (C=O) groups is 1. The van der Waals surface area contributed by atoms with E-state index in [1.54, 1.807) is 18.3 Å². The normalized spacial score (nSPS) is 11.5. The average Bonchev–Trinajstić information content (AvgIpc) is 3.15. The fraction of sp³-hybridized carbons (Fsp3) is 0.0370. The van der Waals surface area contributed by atoms with Gasteiger partial charge < -0.3 is 15.0 Å². The van der Waals surface area contributed by atoms with E-state index >= 15 is 0 Å². The second-order valence-corrected chi connectivity index (χ2v) is 7.82. The summed E-state index contributed by atoms with van der Waals surface area (Å²) in [7, 11) is 0. The van der Waals surface area contributed by atoms with Gasteiger partial charge in [0.25, 0.3) is 0 Å². The minimum absolute atomic E-state index is 0.190. The van der Waals surface area contributed by atoms with Crippen molar-refractivity contribution in [2.45, 2.75) is 6.54 Å². The van der Waals surface area contributed by atoms with Crippen LogP contribution in [0.25, 0.3) is 33.6 Å². The SMILES string of the molecule is O=C(/C=C/c1cc(F)cc(F)c1)NCc1cc2c3ccccc3n(-c3ccc(O)cc3)c2cn1. The van der Waals surface area contributed by atoms with Gasteiger partial charge in [-0.3, -0.25) is 9.78 Å². The number of rotatable bonds is 5. The Balaban J connectivity index is 1.41. The summed E-state index contributed by atoms with van der Waals surface area (Å²) in [6.07, 6.45) is 4.34. The number of para-hydroxylation sites is 1. The van der Waals surface area contributed by atoms with E-state index in [0.717, 1.165) is 45.7 Å². The molecule has 5 aromatic rings. The Hall–Kier alpha value is -4.52. The molecule has 3 aromatic carbocycles. The third-order valence-corrected chi connectivity index (χ3v) is 5.48. The molecule has 0 aliphatic rings. The summed E-state index contributed by atoms with van der Waals surface area (Å²) in [5, 5.41) is 14.4. The molecule has 0 bridgehead atoms. The van der Waals surface area contributed by atoms with Gasteiger partial charge in [0.05, 0.1) is 29.5 Å². The van der Waals surface area contributed by atoms with Gasteiger partial charge in [0, 0.05) is 28.6 Å². The van der Waals surface area contributed by atoms with Crippen molar-refractivity contribution in [1.29, 1.82) is 0 Å². The molecule has 0 saturated carbocycles. The van der Waals surface area contributed by atoms with Crippen LogP contribution in [0.1, 0.15) is 11.3 Å². The number of aromatic nitrogens is 2. The molecule has 0 aliphatic carbocycles. The zero-order valence-electron chi connectivity index (χ0n) is 17.9. The predicted molar refractivity (Wildman–Crippen MR) is 127 cm³/mol. The number of carbonyl (C=O) groups excluding carboxylic acids is 1. The summed E-state index contributed by atoms with van der Waals surface area (Å²) in [6, 6.07) is 19.9. The van der Waals surface area contributed by atoms with Crippen molar-refractivity contribution < 1.29 is 18.7 Å². The molecule has 2 N–H and O–H groups in total. The van der Waals surface area contributed by atoms with Gasteiger partial charge in [-0.2, -0.15) is 0 Å². The number of amides is 1. The van der Waals surface area contributed by atoms with Crippen LogP contribution in [-0.4, -0.2) is 20.6 Å². The summed E-state index contributed by atoms with van der Waals surface area (Å²) >= 11 is 0. The lowest BCUT2D eigenvalue weighted by molar-refractivity contribution is -0.116. The van der Waals surface area contributed by atoms with Gasteiger partial charge in [0.2, 0.25) is 5.91 Å². The smallest absolute Gasteiger partial charge is 0.244 e. The molecule has 5 rings (SSSR count). The van der Waals surface area contributed by atoms with Crippen LogP contribution in [0.2, 0.25) is 0 Å². The van der Waals surface area contributed by atoms with Crippen LogP contribution >= 0.6 is 0 Å². The lowest BCUT2D eigenvalue weighted by Gasteiger charge is -2.08. The molecule has 0 spiro atoms. The number of benzene rings is 3. The fourth-order valence-corrected chi connectivity index (χ4v) is 3.97. The zero-order valence-corrected chi connectivity index (χ0v) is 17.9. The van der Waals surface area contributed by atoms with Crippen LogP contribution in [0, 0.1) is 11.6 Å². The number of pyridine rings is 1. The Kier molecular flexibility index (Phi) is 5.51. The molecule has 2 aromatic heterocycles. The van der Waals surface area contributed by atoms with E-state index in [4.69, 9.17) is 0 Å². The standard InChI is InChI=1S/C27H19F2N3O2/c28-18-11-17(12-19(29)13-18)5-10-27(34)31-15-20-14-24-23-3-1-2-4-25(23)32(26(24)16-30-20)21-6-8-22(33)9-7-21/h1-14,16,33H,15H2,(H,31,34)/b10-5+. The van der Waals surface area contributed by atoms with Crippen LogP contribution in [0.3, 0.4) is 0 Å². The second-order valence-electron chi connectivity index (χ2n) is 7.82. The van der Waals surface area contributed by atoms with E-state index in [-0.39, 0.29) is 17.9 Å². The van der Waals surface area contributed by atoms with Crippen molar-refractivity contribution in [2.75, 3.05) is 0 Å². The number of hydrogen-bond donors (Lipinski definition) is 2. The number of halogens is 2. The fourth-order valence-electron chi connectivity index (χ4n) is 3.97. The van der Waals surface area contributed by atoms with E-state index in [1.165, 1.54) is 12.2 Å². The molecule has 2 heterocycles. The van der Waals surface area contributed by atoms with Crippen molar-refractivity contribution in [3.8, 4) is 11.4 Å². The summed E-state index contributed by atoms with van der Waals surface area (Å²) in [5.41, 5.74) is 3.71. The molecule has 1 amide bonds. The Morgan fingerprint density at radius 2 is 1.68 bits per heavy atom. The number of nitrogens with one attached hydrogen (secondary N) is 1. The molecule has 5 nitrogen and oxygen atoms in total. The van der Waals surface area contributed by atoms with Gasteiger partial charge >= 0.3 is 0 Å². The number of fused-ring (bicyclic) bond motifs is 3. The first-order valence-corrected chi connectivity index (χ1v) is 10.6. The van der Waals surface area contributed by atoms with E-state index in [1.807, 2.05) is 42.5 Å². The summed E-state index contributed by atoms with van der Waals surface area (Å²) in [4.78, 5) is 16.7. The first kappa shape index (κ1) is 21.3. The molecule has 7 heteroatoms. The summed E-state index contributed by atoms with van der Waals surface area (Å²) in [6.45, 7) is 0.190. The number of aromatic hydroxyl groups is 1. The molecule has 0 atom stereocenters. The molecular formula is C27H19F2N3O2. The van der Waals surface area contributed by atoms with Crippen molar-refractivity contribution >= 4 is 33.8 Å². The van der Waals surface area contributed by atoms with E-state index in [9.17, 15) is 18.7 Å². The Bertz CT molecular complexity index is 1540. The molecule has 168 valence electrons. The number of hydrogen-bond acceptors (Lipinski definition) is 3. The van der Waals surface area contributed by atoms with E-state index in [0.29, 0.717) is 5.69 Å². The van der Waals surface area contributed by atoms with Gasteiger partial charge in [0.1, 0.15) is 17.4 Å². The van der Waals surface area contributed by atoms with Crippen LogP contribution < -0.4 is 5.32 Å². The Morgan fingerprint density at radius 1 is 0.941 bits per heavy atom. The molecule has 0 unspecified atom stereocenters. The largest absolute Gasteiger partial charge is 0.508 e. The van der Waals surface area contributed by atoms with Crippen molar-refractivity contribution in [3.05, 3.63) is 108 Å². The van der Waals surface area contributed by atoms with Crippen molar-refractivity contribution in [3.63, 3.8) is 0 Å². The third-order valence-electron chi connectivity index (χ3n) is 5.48. The maximum Gasteiger partial charge on any atom is 0.244 e. The number of phenols is 1. The Labute approximate surface area is 193 Å². The monoisotopic (exact) mass is 455 g/mol. The van der Waals surface area contributed by atoms with Gasteiger partial charge in [-0.1, -0.05) is 18.2 Å². The Morgan fingerprint density at radius 3 is 2.44 bits per heavy atom. The average molecular weight is 455 g/mol. The molecule has 0 radical (unpaired) electrons. The predicted octanol–water partition coefficient (Wildman–Crippen LogP) is 5.49. The first-order chi connectivity index (χ1) is 16.5. The van der Waals surface area contributed by atoms with Crippen LogP contribution in [0.4, 0.5) is 8.78 Å². The topological polar surface area (TPSA) is 67.2 Å². The first-order valence-electron chi connectivity index (χ1n) is 10.6. The minimum Gasteiger partial charge on any atom is -0.508 e. The summed E-state index contributed by atoms with van der Waals surface area (Å²) in [5.74, 6) is -1.62. The van der Waals surface area contributed by atoms with Gasteiger partial charge in [-0.05, 0) is 60.2 Å². The highest BCUT2D eigenvalue weighted by Gasteiger charge is 2.13. The number of nitrogens with zero attached hydrogens (tertiary/aromatic N) is 2. The van der Waals surface area contributed by atoms with E-state index in [2.05, 4.69) is 14.9 Å². The van der Waals surface area contributed by atoms with Crippen LogP contribution in [0.15, 0.2) is 85.1 Å². The zero-order chi connectivity index (χ0) is 23.7. The maximum atomic E-state index is 13.3. The second kappa shape index (κ2) is 8.78. The van der Waals surface area contributed by atoms with Gasteiger partial charge in [-0.25, -0.2) is 8.78 Å². The molecule has 0 aliphatic heterocycles. The van der Waals surface area contributed by atoms with E-state index < -0.39 is 17.5 Å². The lowest BCUT2D eigenvalue weighted by atomic mass is 10.1. The van der Waals surface area contributed by atoms with Gasteiger partial charge in [-0.15, -0.1) is 0 Å². The van der Waals surface area contributed by atoms with Crippen molar-refractivity contribution in [1.82, 2.24) is 14.9 Å². The van der Waals surface area contributed by atoms with Crippen LogP contribution in [-0.2, 0) is 11.3 Å². The quantitative estimate of drug-likeness (QED) is 0.344.